The molecule has 20 aromatic rings. The fraction of sp³-hybridized carbons (Fsp3) is 0.0182. The Hall–Kier alpha value is -14.4. The number of fused-ring (bicyclic) bond motifs is 12. The van der Waals surface area contributed by atoms with Crippen LogP contribution in [0.1, 0.15) is 44.5 Å². The molecule has 0 spiro atoms. The predicted octanol–water partition coefficient (Wildman–Crippen LogP) is 30.0. The van der Waals surface area contributed by atoms with Crippen LogP contribution in [-0.4, -0.2) is 0 Å². The minimum atomic E-state index is -0.503. The van der Waals surface area contributed by atoms with Crippen molar-refractivity contribution in [3.8, 4) is 66.8 Å². The van der Waals surface area contributed by atoms with Gasteiger partial charge in [-0.25, -0.2) is 0 Å². The Labute approximate surface area is 668 Å². The Kier molecular flexibility index (Phi) is 16.9. The van der Waals surface area contributed by atoms with Gasteiger partial charge in [-0.3, -0.25) is 0 Å². The maximum Gasteiger partial charge on any atom is 0.159 e. The van der Waals surface area contributed by atoms with Gasteiger partial charge in [-0.05, 0) is 190 Å². The van der Waals surface area contributed by atoms with Gasteiger partial charge in [0.05, 0.1) is 16.5 Å². The lowest BCUT2D eigenvalue weighted by molar-refractivity contribution is 0.666. The molecule has 0 fully saturated rings. The molecule has 2 aromatic heterocycles. The number of para-hydroxylation sites is 1. The quantitative estimate of drug-likeness (QED) is 0.108. The molecule has 0 radical (unpaired) electrons. The summed E-state index contributed by atoms with van der Waals surface area (Å²) in [5, 5.41) is 4.75. The Balaban J connectivity index is 0.000000143. The van der Waals surface area contributed by atoms with Gasteiger partial charge < -0.3 is 14.2 Å². The number of rotatable bonds is 14. The van der Waals surface area contributed by atoms with Crippen molar-refractivity contribution < 1.29 is 4.42 Å². The van der Waals surface area contributed by atoms with E-state index in [1.54, 1.807) is 0 Å². The third-order valence-corrected chi connectivity index (χ3v) is 24.7. The maximum atomic E-state index is 7.11. The Bertz CT molecular complexity index is 6660. The first-order chi connectivity index (χ1) is 56.5. The number of thiophene rings is 1. The van der Waals surface area contributed by atoms with E-state index in [1.165, 1.54) is 131 Å². The first-order valence-electron chi connectivity index (χ1n) is 39.2. The smallest absolute Gasteiger partial charge is 0.159 e. The van der Waals surface area contributed by atoms with Gasteiger partial charge in [0.2, 0.25) is 0 Å². The number of furan rings is 1. The normalized spacial score (nSPS) is 12.7. The van der Waals surface area contributed by atoms with Crippen LogP contribution in [0.2, 0.25) is 0 Å². The van der Waals surface area contributed by atoms with E-state index in [1.807, 2.05) is 11.3 Å². The van der Waals surface area contributed by atoms with E-state index in [-0.39, 0.29) is 0 Å². The molecule has 0 aliphatic heterocycles. The lowest BCUT2D eigenvalue weighted by Crippen LogP contribution is -2.28. The second-order valence-corrected chi connectivity index (χ2v) is 30.8. The molecule has 0 unspecified atom stereocenters. The molecule has 114 heavy (non-hydrogen) atoms. The van der Waals surface area contributed by atoms with Crippen LogP contribution in [-0.2, 0) is 10.8 Å². The highest BCUT2D eigenvalue weighted by Crippen LogP contribution is 2.59. The van der Waals surface area contributed by atoms with Crippen LogP contribution in [0.15, 0.2) is 453 Å². The molecule has 536 valence electrons. The van der Waals surface area contributed by atoms with Gasteiger partial charge in [0.1, 0.15) is 5.58 Å². The lowest BCUT2D eigenvalue weighted by Gasteiger charge is -2.33. The van der Waals surface area contributed by atoms with Crippen molar-refractivity contribution in [3.05, 3.63) is 493 Å². The molecule has 0 bridgehead atoms. The van der Waals surface area contributed by atoms with Crippen molar-refractivity contribution >= 4 is 87.6 Å². The zero-order valence-electron chi connectivity index (χ0n) is 62.4. The molecule has 0 saturated heterocycles. The molecular weight excluding hydrogens is 1400 g/mol. The second kappa shape index (κ2) is 28.5. The van der Waals surface area contributed by atoms with Crippen molar-refractivity contribution in [2.24, 2.45) is 0 Å². The minimum Gasteiger partial charge on any atom is -0.454 e. The molecule has 0 atom stereocenters. The third kappa shape index (κ3) is 11.4. The van der Waals surface area contributed by atoms with Gasteiger partial charge >= 0.3 is 0 Å². The van der Waals surface area contributed by atoms with E-state index in [9.17, 15) is 0 Å². The number of hydrogen-bond donors (Lipinski definition) is 0. The highest BCUT2D eigenvalue weighted by molar-refractivity contribution is 7.25. The molecule has 4 heteroatoms. The van der Waals surface area contributed by atoms with Crippen LogP contribution >= 0.6 is 11.3 Å². The fourth-order valence-corrected chi connectivity index (χ4v) is 19.5. The number of hydrogen-bond acceptors (Lipinski definition) is 4. The number of anilines is 6. The van der Waals surface area contributed by atoms with Crippen LogP contribution < -0.4 is 9.80 Å². The summed E-state index contributed by atoms with van der Waals surface area (Å²) >= 11 is 1.89. The standard InChI is InChI=1S/C55H37NO.C55H37NS/c1-4-15-38(16-5-1)40-27-32-44(33-28-40)56(45-34-29-41(30-35-45)39-17-6-2-7-18-39)52-26-14-23-49-48-36-31-43(37-53(48)57-54(49)52)55(42-19-8-3-9-20-42)50-24-12-10-21-46(50)47-22-11-13-25-51(47)55;1-4-14-38(15-5-1)40-24-29-44(30-25-40)56(45-31-26-41(27-32-45)39-16-6-2-7-17-39)46-33-35-50-49-34-28-43(36-53(49)57-54(50)37-46)55(42-18-8-3-9-19-42)51-22-12-10-20-47(51)48-21-11-13-23-52(48)55/h2*1-37H. The molecule has 0 saturated carbocycles. The summed E-state index contributed by atoms with van der Waals surface area (Å²) in [6.07, 6.45) is 0. The predicted molar refractivity (Wildman–Crippen MR) is 479 cm³/mol. The van der Waals surface area contributed by atoms with Crippen LogP contribution in [0.4, 0.5) is 34.1 Å². The van der Waals surface area contributed by atoms with E-state index >= 15 is 0 Å². The fourth-order valence-electron chi connectivity index (χ4n) is 18.4. The van der Waals surface area contributed by atoms with E-state index in [2.05, 4.69) is 459 Å². The monoisotopic (exact) mass is 1470 g/mol. The molecule has 18 aromatic carbocycles. The molecule has 2 aliphatic carbocycles. The van der Waals surface area contributed by atoms with E-state index < -0.39 is 10.8 Å². The Morgan fingerprint density at radius 2 is 0.509 bits per heavy atom. The maximum absolute atomic E-state index is 7.11. The first kappa shape index (κ1) is 67.7. The van der Waals surface area contributed by atoms with Crippen molar-refractivity contribution in [1.29, 1.82) is 0 Å². The lowest BCUT2D eigenvalue weighted by atomic mass is 9.67. The van der Waals surface area contributed by atoms with E-state index in [4.69, 9.17) is 4.42 Å². The van der Waals surface area contributed by atoms with Gasteiger partial charge in [0.25, 0.3) is 0 Å². The Morgan fingerprint density at radius 3 is 0.904 bits per heavy atom. The van der Waals surface area contributed by atoms with E-state index in [0.717, 1.165) is 56.1 Å². The van der Waals surface area contributed by atoms with Crippen LogP contribution in [0.25, 0.3) is 109 Å². The van der Waals surface area contributed by atoms with Gasteiger partial charge in [-0.2, -0.15) is 0 Å². The van der Waals surface area contributed by atoms with Crippen molar-refractivity contribution in [3.63, 3.8) is 0 Å². The topological polar surface area (TPSA) is 19.6 Å². The van der Waals surface area contributed by atoms with Crippen LogP contribution in [0.3, 0.4) is 0 Å². The molecule has 2 aliphatic rings. The van der Waals surface area contributed by atoms with Gasteiger partial charge in [0, 0.05) is 59.4 Å². The summed E-state index contributed by atoms with van der Waals surface area (Å²) in [4.78, 5) is 4.71. The van der Waals surface area contributed by atoms with Gasteiger partial charge in [-0.1, -0.05) is 370 Å². The first-order valence-corrected chi connectivity index (χ1v) is 40.0. The average molecular weight is 1470 g/mol. The summed E-state index contributed by atoms with van der Waals surface area (Å²) in [5.74, 6) is 0. The summed E-state index contributed by atoms with van der Waals surface area (Å²) in [6, 6.07) is 163. The highest BCUT2D eigenvalue weighted by Gasteiger charge is 2.48. The minimum absolute atomic E-state index is 0.418. The summed E-state index contributed by atoms with van der Waals surface area (Å²) in [5.41, 5.74) is 32.3. The van der Waals surface area contributed by atoms with Crippen LogP contribution in [0, 0.1) is 0 Å². The van der Waals surface area contributed by atoms with E-state index in [0.29, 0.717) is 0 Å². The van der Waals surface area contributed by atoms with Crippen LogP contribution in [0.5, 0.6) is 0 Å². The van der Waals surface area contributed by atoms with Crippen molar-refractivity contribution in [1.82, 2.24) is 0 Å². The summed E-state index contributed by atoms with van der Waals surface area (Å²) in [6.45, 7) is 0. The summed E-state index contributed by atoms with van der Waals surface area (Å²) < 4.78 is 9.67. The zero-order valence-corrected chi connectivity index (χ0v) is 63.3. The average Bonchev–Trinajstić information content (AvgIpc) is 1.54. The molecule has 22 rings (SSSR count). The van der Waals surface area contributed by atoms with Gasteiger partial charge in [0.15, 0.2) is 5.58 Å². The van der Waals surface area contributed by atoms with Crippen molar-refractivity contribution in [2.75, 3.05) is 9.80 Å². The molecule has 0 amide bonds. The molecule has 2 heterocycles. The van der Waals surface area contributed by atoms with Gasteiger partial charge in [-0.15, -0.1) is 11.3 Å². The largest absolute Gasteiger partial charge is 0.454 e. The molecular formula is C110H74N2OS. The SMILES string of the molecule is c1ccc(-c2ccc(N(c3ccc(-c4ccccc4)cc3)c3ccc4c(c3)sc3cc(C5(c6ccccc6)c6ccccc6-c6ccccc65)ccc34)cc2)cc1.c1ccc(-c2ccc(N(c3ccc(-c4ccccc4)cc3)c3cccc4c3oc3cc(C5(c6ccccc6)c6ccccc6-c6ccccc65)ccc34)cc2)cc1. The third-order valence-electron chi connectivity index (χ3n) is 23.5. The number of benzene rings is 18. The zero-order chi connectivity index (χ0) is 75.5. The molecule has 0 N–H and O–H groups in total. The Morgan fingerprint density at radius 1 is 0.202 bits per heavy atom. The highest BCUT2D eigenvalue weighted by atomic mass is 32.1. The molecule has 3 nitrogen and oxygen atoms in total. The number of nitrogens with zero attached hydrogens (tertiary/aromatic N) is 2. The summed E-state index contributed by atoms with van der Waals surface area (Å²) in [7, 11) is 0. The second-order valence-electron chi connectivity index (χ2n) is 29.7. The van der Waals surface area contributed by atoms with Crippen molar-refractivity contribution in [2.45, 2.75) is 10.8 Å².